The molecule has 4 nitrogen and oxygen atoms in total. The summed E-state index contributed by atoms with van der Waals surface area (Å²) in [6.07, 6.45) is 1.85. The molecule has 0 unspecified atom stereocenters. The van der Waals surface area contributed by atoms with Gasteiger partial charge in [0.15, 0.2) is 5.11 Å². The van der Waals surface area contributed by atoms with Crippen LogP contribution in [0.25, 0.3) is 21.8 Å². The number of hydrogen-bond donors (Lipinski definition) is 2. The fourth-order valence-corrected chi connectivity index (χ4v) is 4.69. The fraction of sp³-hybridized carbons (Fsp3) is 0.0769. The number of thiocarbonyl (C=S) groups is 1. The minimum atomic E-state index is 0.511. The highest BCUT2D eigenvalue weighted by atomic mass is 35.5. The molecule has 0 saturated carbocycles. The first-order chi connectivity index (χ1) is 16.0. The second kappa shape index (κ2) is 9.02. The van der Waals surface area contributed by atoms with Crippen molar-refractivity contribution in [1.29, 1.82) is 0 Å². The second-order valence-corrected chi connectivity index (χ2v) is 9.11. The van der Waals surface area contributed by atoms with E-state index in [0.29, 0.717) is 16.7 Å². The summed E-state index contributed by atoms with van der Waals surface area (Å²) in [4.78, 5) is 4.54. The lowest BCUT2D eigenvalue weighted by molar-refractivity contribution is 0.862. The third-order valence-corrected chi connectivity index (χ3v) is 6.24. The van der Waals surface area contributed by atoms with Gasteiger partial charge in [-0.15, -0.1) is 0 Å². The second-order valence-electron chi connectivity index (χ2n) is 7.83. The summed E-state index contributed by atoms with van der Waals surface area (Å²) in [5.41, 5.74) is 6.15. The van der Waals surface area contributed by atoms with Gasteiger partial charge in [-0.2, -0.15) is 0 Å². The third kappa shape index (κ3) is 4.53. The molecule has 0 aliphatic carbocycles. The summed E-state index contributed by atoms with van der Waals surface area (Å²) in [5.74, 6) is 0. The quantitative estimate of drug-likeness (QED) is 0.253. The van der Waals surface area contributed by atoms with Gasteiger partial charge >= 0.3 is 0 Å². The first-order valence-corrected chi connectivity index (χ1v) is 11.6. The molecule has 164 valence electrons. The molecule has 7 heteroatoms. The van der Waals surface area contributed by atoms with E-state index < -0.39 is 0 Å². The summed E-state index contributed by atoms with van der Waals surface area (Å²) in [5, 5.41) is 10.7. The molecular formula is C26H20Cl2N4S. The largest absolute Gasteiger partial charge is 0.334 e. The van der Waals surface area contributed by atoms with Crippen LogP contribution < -0.4 is 10.6 Å². The molecule has 0 aliphatic rings. The lowest BCUT2D eigenvalue weighted by Gasteiger charge is -2.12. The van der Waals surface area contributed by atoms with E-state index in [9.17, 15) is 0 Å². The standard InChI is InChI=1S/C26H20Cl2N4S/c1-16-25-22(11-12-29-16)23-14-21(31-26(33)30-20-7-5-18(27)6-8-20)9-10-24(23)32(25)15-17-3-2-4-19(28)13-17/h2-14H,15H2,1H3,(H2,30,31,33). The highest BCUT2D eigenvalue weighted by Gasteiger charge is 2.14. The molecular weight excluding hydrogens is 471 g/mol. The van der Waals surface area contributed by atoms with Crippen LogP contribution >= 0.6 is 35.4 Å². The summed E-state index contributed by atoms with van der Waals surface area (Å²) in [6, 6.07) is 23.7. The smallest absolute Gasteiger partial charge is 0.175 e. The van der Waals surface area contributed by atoms with E-state index in [1.807, 2.05) is 61.7 Å². The van der Waals surface area contributed by atoms with Crippen LogP contribution in [0.3, 0.4) is 0 Å². The van der Waals surface area contributed by atoms with Gasteiger partial charge < -0.3 is 15.2 Å². The highest BCUT2D eigenvalue weighted by Crippen LogP contribution is 2.33. The van der Waals surface area contributed by atoms with Crippen LogP contribution in [0.2, 0.25) is 10.0 Å². The Hall–Kier alpha value is -3.12. The molecule has 5 rings (SSSR count). The van der Waals surface area contributed by atoms with Gasteiger partial charge in [-0.1, -0.05) is 35.3 Å². The van der Waals surface area contributed by atoms with Crippen molar-refractivity contribution in [1.82, 2.24) is 9.55 Å². The highest BCUT2D eigenvalue weighted by molar-refractivity contribution is 7.80. The normalized spacial score (nSPS) is 11.1. The molecule has 2 N–H and O–H groups in total. The fourth-order valence-electron chi connectivity index (χ4n) is 4.11. The Morgan fingerprint density at radius 2 is 1.64 bits per heavy atom. The number of aryl methyl sites for hydroxylation is 1. The number of aromatic nitrogens is 2. The van der Waals surface area contributed by atoms with Crippen LogP contribution in [0.15, 0.2) is 79.0 Å². The van der Waals surface area contributed by atoms with Gasteiger partial charge in [-0.3, -0.25) is 4.98 Å². The van der Waals surface area contributed by atoms with Gasteiger partial charge in [0.1, 0.15) is 0 Å². The zero-order valence-electron chi connectivity index (χ0n) is 17.8. The topological polar surface area (TPSA) is 41.9 Å². The molecule has 0 spiro atoms. The Labute approximate surface area is 207 Å². The summed E-state index contributed by atoms with van der Waals surface area (Å²) in [7, 11) is 0. The number of halogens is 2. The van der Waals surface area contributed by atoms with Gasteiger partial charge in [0.05, 0.1) is 11.2 Å². The predicted molar refractivity (Wildman–Crippen MR) is 144 cm³/mol. The molecule has 0 amide bonds. The van der Waals surface area contributed by atoms with Crippen molar-refractivity contribution in [2.24, 2.45) is 0 Å². The lowest BCUT2D eigenvalue weighted by atomic mass is 10.1. The maximum absolute atomic E-state index is 6.23. The van der Waals surface area contributed by atoms with E-state index in [-0.39, 0.29) is 0 Å². The van der Waals surface area contributed by atoms with Gasteiger partial charge in [0.2, 0.25) is 0 Å². The zero-order chi connectivity index (χ0) is 22.9. The SMILES string of the molecule is Cc1nccc2c3cc(NC(=S)Nc4ccc(Cl)cc4)ccc3n(Cc3cccc(Cl)c3)c12. The molecule has 0 saturated heterocycles. The summed E-state index contributed by atoms with van der Waals surface area (Å²) < 4.78 is 2.30. The number of pyridine rings is 1. The van der Waals surface area contributed by atoms with Crippen molar-refractivity contribution in [2.75, 3.05) is 10.6 Å². The van der Waals surface area contributed by atoms with E-state index in [2.05, 4.69) is 44.5 Å². The Balaban J connectivity index is 1.51. The first kappa shape index (κ1) is 21.7. The molecule has 0 fully saturated rings. The number of anilines is 2. The van der Waals surface area contributed by atoms with E-state index in [0.717, 1.165) is 49.5 Å². The number of fused-ring (bicyclic) bond motifs is 3. The van der Waals surface area contributed by atoms with Crippen LogP contribution in [0, 0.1) is 6.92 Å². The van der Waals surface area contributed by atoms with Gasteiger partial charge in [-0.25, -0.2) is 0 Å². The van der Waals surface area contributed by atoms with Crippen LogP contribution in [0.5, 0.6) is 0 Å². The van der Waals surface area contributed by atoms with Crippen molar-refractivity contribution < 1.29 is 0 Å². The monoisotopic (exact) mass is 490 g/mol. The van der Waals surface area contributed by atoms with Crippen molar-refractivity contribution in [2.45, 2.75) is 13.5 Å². The minimum Gasteiger partial charge on any atom is -0.334 e. The number of rotatable bonds is 4. The first-order valence-electron chi connectivity index (χ1n) is 10.4. The maximum atomic E-state index is 6.23. The van der Waals surface area contributed by atoms with Crippen LogP contribution in [0.1, 0.15) is 11.3 Å². The Morgan fingerprint density at radius 1 is 0.879 bits per heavy atom. The maximum Gasteiger partial charge on any atom is 0.175 e. The molecule has 0 atom stereocenters. The van der Waals surface area contributed by atoms with E-state index in [1.54, 1.807) is 0 Å². The van der Waals surface area contributed by atoms with Crippen LogP contribution in [-0.2, 0) is 6.54 Å². The third-order valence-electron chi connectivity index (χ3n) is 5.54. The zero-order valence-corrected chi connectivity index (χ0v) is 20.1. The van der Waals surface area contributed by atoms with Crippen molar-refractivity contribution >= 4 is 73.7 Å². The number of benzene rings is 3. The Morgan fingerprint density at radius 3 is 2.42 bits per heavy atom. The molecule has 33 heavy (non-hydrogen) atoms. The molecule has 2 heterocycles. The number of nitrogens with zero attached hydrogens (tertiary/aromatic N) is 2. The molecule has 0 radical (unpaired) electrons. The lowest BCUT2D eigenvalue weighted by Crippen LogP contribution is -2.18. The van der Waals surface area contributed by atoms with Crippen molar-refractivity contribution in [3.63, 3.8) is 0 Å². The van der Waals surface area contributed by atoms with Crippen molar-refractivity contribution in [3.05, 3.63) is 100 Å². The van der Waals surface area contributed by atoms with Crippen molar-refractivity contribution in [3.8, 4) is 0 Å². The Bertz CT molecular complexity index is 1490. The van der Waals surface area contributed by atoms with E-state index >= 15 is 0 Å². The molecule has 0 bridgehead atoms. The molecule has 2 aromatic heterocycles. The van der Waals surface area contributed by atoms with Gasteiger partial charge in [0.25, 0.3) is 0 Å². The molecule has 3 aromatic carbocycles. The van der Waals surface area contributed by atoms with Gasteiger partial charge in [-0.05, 0) is 85.4 Å². The van der Waals surface area contributed by atoms with E-state index in [1.165, 1.54) is 0 Å². The predicted octanol–water partition coefficient (Wildman–Crippen LogP) is 7.66. The minimum absolute atomic E-state index is 0.511. The summed E-state index contributed by atoms with van der Waals surface area (Å²) >= 11 is 17.7. The molecule has 5 aromatic rings. The molecule has 0 aliphatic heterocycles. The van der Waals surface area contributed by atoms with Gasteiger partial charge in [0, 0.05) is 50.5 Å². The van der Waals surface area contributed by atoms with Crippen LogP contribution in [-0.4, -0.2) is 14.7 Å². The number of hydrogen-bond acceptors (Lipinski definition) is 2. The Kier molecular flexibility index (Phi) is 5.94. The average molecular weight is 491 g/mol. The number of nitrogens with one attached hydrogen (secondary N) is 2. The van der Waals surface area contributed by atoms with E-state index in [4.69, 9.17) is 35.4 Å². The summed E-state index contributed by atoms with van der Waals surface area (Å²) in [6.45, 7) is 2.75. The van der Waals surface area contributed by atoms with Crippen LogP contribution in [0.4, 0.5) is 11.4 Å². The average Bonchev–Trinajstić information content (AvgIpc) is 3.09.